The Bertz CT molecular complexity index is 359. The molecule has 1 saturated heterocycles. The van der Waals surface area contributed by atoms with Crippen LogP contribution in [0.4, 0.5) is 0 Å². The van der Waals surface area contributed by atoms with Crippen LogP contribution in [-0.2, 0) is 4.74 Å². The molecule has 3 nitrogen and oxygen atoms in total. The minimum absolute atomic E-state index is 0.0523. The Morgan fingerprint density at radius 2 is 1.88 bits per heavy atom. The molecule has 0 amide bonds. The third kappa shape index (κ3) is 2.67. The molecule has 0 bridgehead atoms. The molecule has 4 heteroatoms. The zero-order valence-electron chi connectivity index (χ0n) is 10.1. The van der Waals surface area contributed by atoms with Crippen molar-refractivity contribution in [2.24, 2.45) is 5.92 Å². The maximum absolute atomic E-state index is 5.96. The van der Waals surface area contributed by atoms with E-state index in [-0.39, 0.29) is 6.10 Å². The van der Waals surface area contributed by atoms with Gasteiger partial charge in [-0.05, 0) is 24.1 Å². The molecule has 1 aromatic rings. The molecule has 1 aliphatic rings. The number of methoxy groups -OCH3 is 2. The summed E-state index contributed by atoms with van der Waals surface area (Å²) in [5, 5.41) is 0. The molecule has 0 radical (unpaired) electrons. The van der Waals surface area contributed by atoms with Gasteiger partial charge in [0.1, 0.15) is 11.5 Å². The van der Waals surface area contributed by atoms with E-state index >= 15 is 0 Å². The predicted octanol–water partition coefficient (Wildman–Crippen LogP) is 3.02. The lowest BCUT2D eigenvalue weighted by Crippen LogP contribution is -2.09. The van der Waals surface area contributed by atoms with Crippen LogP contribution in [0.15, 0.2) is 18.2 Å². The van der Waals surface area contributed by atoms with E-state index in [1.165, 1.54) is 0 Å². The van der Waals surface area contributed by atoms with Gasteiger partial charge in [-0.15, -0.1) is 11.6 Å². The van der Waals surface area contributed by atoms with Crippen molar-refractivity contribution in [3.63, 3.8) is 0 Å². The number of benzene rings is 1. The van der Waals surface area contributed by atoms with Crippen LogP contribution >= 0.6 is 11.6 Å². The first kappa shape index (κ1) is 12.5. The van der Waals surface area contributed by atoms with Gasteiger partial charge in [-0.3, -0.25) is 0 Å². The van der Waals surface area contributed by atoms with Crippen molar-refractivity contribution in [1.29, 1.82) is 0 Å². The molecule has 17 heavy (non-hydrogen) atoms. The van der Waals surface area contributed by atoms with Crippen LogP contribution in [-0.4, -0.2) is 26.7 Å². The predicted molar refractivity (Wildman–Crippen MR) is 67.1 cm³/mol. The summed E-state index contributed by atoms with van der Waals surface area (Å²) >= 11 is 5.96. The monoisotopic (exact) mass is 256 g/mol. The van der Waals surface area contributed by atoms with Gasteiger partial charge in [-0.2, -0.15) is 0 Å². The molecule has 0 saturated carbocycles. The Morgan fingerprint density at radius 3 is 2.41 bits per heavy atom. The largest absolute Gasteiger partial charge is 0.497 e. The van der Waals surface area contributed by atoms with E-state index in [4.69, 9.17) is 25.8 Å². The molecule has 0 aromatic heterocycles. The van der Waals surface area contributed by atoms with Gasteiger partial charge in [-0.25, -0.2) is 0 Å². The fourth-order valence-electron chi connectivity index (χ4n) is 2.15. The van der Waals surface area contributed by atoms with E-state index in [0.717, 1.165) is 30.1 Å². The number of hydrogen-bond acceptors (Lipinski definition) is 3. The maximum atomic E-state index is 5.96. The molecule has 1 aliphatic heterocycles. The van der Waals surface area contributed by atoms with E-state index in [1.807, 2.05) is 18.2 Å². The van der Waals surface area contributed by atoms with E-state index in [9.17, 15) is 0 Å². The SMILES string of the molecule is COc1cc(OC)cc(C2OCCC2CCl)c1. The Kier molecular flexibility index (Phi) is 4.13. The molecule has 1 aromatic carbocycles. The molecular weight excluding hydrogens is 240 g/mol. The molecule has 0 N–H and O–H groups in total. The topological polar surface area (TPSA) is 27.7 Å². The first-order valence-electron chi connectivity index (χ1n) is 5.69. The van der Waals surface area contributed by atoms with Crippen LogP contribution in [0.1, 0.15) is 18.1 Å². The second kappa shape index (κ2) is 5.61. The lowest BCUT2D eigenvalue weighted by Gasteiger charge is -2.18. The first-order valence-corrected chi connectivity index (χ1v) is 6.22. The summed E-state index contributed by atoms with van der Waals surface area (Å²) in [6.07, 6.45) is 1.06. The number of hydrogen-bond donors (Lipinski definition) is 0. The zero-order valence-corrected chi connectivity index (χ0v) is 10.9. The van der Waals surface area contributed by atoms with Gasteiger partial charge in [0.15, 0.2) is 0 Å². The third-order valence-electron chi connectivity index (χ3n) is 3.11. The molecule has 0 aliphatic carbocycles. The summed E-state index contributed by atoms with van der Waals surface area (Å²) in [6.45, 7) is 0.765. The van der Waals surface area contributed by atoms with Gasteiger partial charge in [-0.1, -0.05) is 0 Å². The third-order valence-corrected chi connectivity index (χ3v) is 3.51. The summed E-state index contributed by atoms with van der Waals surface area (Å²) in [5.74, 6) is 2.55. The van der Waals surface area contributed by atoms with E-state index in [0.29, 0.717) is 11.8 Å². The van der Waals surface area contributed by atoms with Gasteiger partial charge in [0.05, 0.1) is 20.3 Å². The molecule has 1 fully saturated rings. The zero-order chi connectivity index (χ0) is 12.3. The molecule has 1 heterocycles. The number of ether oxygens (including phenoxy) is 3. The van der Waals surface area contributed by atoms with Crippen LogP contribution in [0, 0.1) is 5.92 Å². The van der Waals surface area contributed by atoms with Crippen molar-refractivity contribution < 1.29 is 14.2 Å². The molecule has 2 rings (SSSR count). The molecule has 2 atom stereocenters. The van der Waals surface area contributed by atoms with Crippen LogP contribution in [0.5, 0.6) is 11.5 Å². The highest BCUT2D eigenvalue weighted by Gasteiger charge is 2.29. The van der Waals surface area contributed by atoms with E-state index in [1.54, 1.807) is 14.2 Å². The summed E-state index contributed by atoms with van der Waals surface area (Å²) in [7, 11) is 3.29. The fourth-order valence-corrected chi connectivity index (χ4v) is 2.47. The van der Waals surface area contributed by atoms with Gasteiger partial charge in [0, 0.05) is 24.5 Å². The Labute approximate surface area is 107 Å². The van der Waals surface area contributed by atoms with Gasteiger partial charge in [0.2, 0.25) is 0 Å². The summed E-state index contributed by atoms with van der Waals surface area (Å²) < 4.78 is 16.3. The minimum Gasteiger partial charge on any atom is -0.497 e. The smallest absolute Gasteiger partial charge is 0.122 e. The quantitative estimate of drug-likeness (QED) is 0.775. The standard InChI is InChI=1S/C13H17ClO3/c1-15-11-5-10(6-12(7-11)16-2)13-9(8-14)3-4-17-13/h5-7,9,13H,3-4,8H2,1-2H3. The molecule has 2 unspecified atom stereocenters. The van der Waals surface area contributed by atoms with Gasteiger partial charge >= 0.3 is 0 Å². The van der Waals surface area contributed by atoms with Crippen molar-refractivity contribution in [2.75, 3.05) is 26.7 Å². The second-order valence-electron chi connectivity index (χ2n) is 4.14. The summed E-state index contributed by atoms with van der Waals surface area (Å²) in [5.41, 5.74) is 1.07. The van der Waals surface area contributed by atoms with E-state index < -0.39 is 0 Å². The fraction of sp³-hybridized carbons (Fsp3) is 0.538. The highest BCUT2D eigenvalue weighted by atomic mass is 35.5. The second-order valence-corrected chi connectivity index (χ2v) is 4.45. The van der Waals surface area contributed by atoms with Crippen LogP contribution in [0.2, 0.25) is 0 Å². The average molecular weight is 257 g/mol. The average Bonchev–Trinajstić information content (AvgIpc) is 2.86. The Balaban J connectivity index is 2.30. The highest BCUT2D eigenvalue weighted by molar-refractivity contribution is 6.18. The molecule has 94 valence electrons. The summed E-state index contributed by atoms with van der Waals surface area (Å²) in [6, 6.07) is 5.82. The van der Waals surface area contributed by atoms with Crippen molar-refractivity contribution in [3.8, 4) is 11.5 Å². The molecular formula is C13H17ClO3. The van der Waals surface area contributed by atoms with Crippen molar-refractivity contribution in [1.82, 2.24) is 0 Å². The molecule has 0 spiro atoms. The summed E-state index contributed by atoms with van der Waals surface area (Å²) in [4.78, 5) is 0. The highest BCUT2D eigenvalue weighted by Crippen LogP contribution is 2.38. The van der Waals surface area contributed by atoms with E-state index in [2.05, 4.69) is 0 Å². The number of halogens is 1. The van der Waals surface area contributed by atoms with Crippen molar-refractivity contribution >= 4 is 11.6 Å². The first-order chi connectivity index (χ1) is 8.28. The lowest BCUT2D eigenvalue weighted by molar-refractivity contribution is 0.0947. The number of alkyl halides is 1. The van der Waals surface area contributed by atoms with Crippen molar-refractivity contribution in [3.05, 3.63) is 23.8 Å². The maximum Gasteiger partial charge on any atom is 0.122 e. The van der Waals surface area contributed by atoms with Crippen LogP contribution < -0.4 is 9.47 Å². The Hall–Kier alpha value is -0.930. The van der Waals surface area contributed by atoms with Crippen LogP contribution in [0.25, 0.3) is 0 Å². The minimum atomic E-state index is 0.0523. The lowest BCUT2D eigenvalue weighted by atomic mass is 9.97. The number of rotatable bonds is 4. The Morgan fingerprint density at radius 1 is 1.24 bits per heavy atom. The van der Waals surface area contributed by atoms with Crippen molar-refractivity contribution in [2.45, 2.75) is 12.5 Å². The normalized spacial score (nSPS) is 23.7. The van der Waals surface area contributed by atoms with Gasteiger partial charge < -0.3 is 14.2 Å². The van der Waals surface area contributed by atoms with Crippen LogP contribution in [0.3, 0.4) is 0 Å². The van der Waals surface area contributed by atoms with Gasteiger partial charge in [0.25, 0.3) is 0 Å².